The number of fused-ring (bicyclic) bond motifs is 2. The van der Waals surface area contributed by atoms with Gasteiger partial charge in [0.25, 0.3) is 11.8 Å². The maximum absolute atomic E-state index is 14.6. The number of aryl methyl sites for hydroxylation is 1. The molecule has 1 fully saturated rings. The molecule has 5 rings (SSSR count). The highest BCUT2D eigenvalue weighted by Gasteiger charge is 2.66. The third-order valence-electron chi connectivity index (χ3n) is 9.11. The molecule has 0 aliphatic carbocycles. The Morgan fingerprint density at radius 3 is 2.59 bits per heavy atom. The number of nitrogens with zero attached hydrogens (tertiary/aromatic N) is 4. The number of esters is 1. The summed E-state index contributed by atoms with van der Waals surface area (Å²) in [5.41, 5.74) is 1.40. The van der Waals surface area contributed by atoms with E-state index < -0.39 is 20.0 Å². The Balaban J connectivity index is 1.48. The molecule has 0 radical (unpaired) electrons. The van der Waals surface area contributed by atoms with Crippen molar-refractivity contribution in [1.29, 1.82) is 0 Å². The molecule has 1 aromatic heterocycles. The van der Waals surface area contributed by atoms with Gasteiger partial charge in [0, 0.05) is 67.0 Å². The van der Waals surface area contributed by atoms with Gasteiger partial charge in [-0.15, -0.1) is 5.10 Å². The molecule has 2 aliphatic heterocycles. The van der Waals surface area contributed by atoms with Crippen molar-refractivity contribution in [3.8, 4) is 0 Å². The van der Waals surface area contributed by atoms with Crippen LogP contribution in [0.3, 0.4) is 0 Å². The number of nitrogens with one attached hydrogen (secondary N) is 1. The number of unbranched alkanes of at least 4 members (excludes halogenated alkanes) is 1. The molecule has 1 saturated heterocycles. The van der Waals surface area contributed by atoms with Crippen LogP contribution < -0.4 is 10.2 Å². The van der Waals surface area contributed by atoms with Gasteiger partial charge in [0.05, 0.1) is 24.6 Å². The summed E-state index contributed by atoms with van der Waals surface area (Å²) < 4.78 is 13.4. The second-order valence-electron chi connectivity index (χ2n) is 12.6. The zero-order valence-electron chi connectivity index (χ0n) is 26.8. The predicted octanol–water partition coefficient (Wildman–Crippen LogP) is 3.64. The number of aliphatic hydroxyl groups excluding tert-OH is 1. The van der Waals surface area contributed by atoms with Crippen molar-refractivity contribution in [2.45, 2.75) is 75.9 Å². The van der Waals surface area contributed by atoms with E-state index in [2.05, 4.69) is 15.6 Å². The van der Waals surface area contributed by atoms with Gasteiger partial charge in [-0.3, -0.25) is 19.1 Å². The average Bonchev–Trinajstić information content (AvgIpc) is 3.68. The number of carbonyl (C=O) groups is 3. The van der Waals surface area contributed by atoms with E-state index in [4.69, 9.17) is 9.47 Å². The summed E-state index contributed by atoms with van der Waals surface area (Å²) >= 11 is 0. The fraction of sp³-hybridized carbons (Fsp3) is 0.485. The molecule has 2 aromatic carbocycles. The SMILES string of the molecule is COC(=O)CCCCN1C(=O)[C@@]2(O[C@@H](CCn3cc(CCO)nn3)[C@H]([Si](C)(C)O)[C@H]2C)c2cc(NC(=O)c3ccccc3)ccc21. The summed E-state index contributed by atoms with van der Waals surface area (Å²) in [5, 5.41) is 20.5. The molecule has 2 aliphatic rings. The molecule has 246 valence electrons. The van der Waals surface area contributed by atoms with Gasteiger partial charge in [-0.05, 0) is 62.7 Å². The number of hydrogen-bond acceptors (Lipinski definition) is 9. The Hall–Kier alpha value is -3.91. The van der Waals surface area contributed by atoms with E-state index in [1.54, 1.807) is 46.1 Å². The molecule has 2 amide bonds. The molecule has 13 heteroatoms. The van der Waals surface area contributed by atoms with E-state index >= 15 is 0 Å². The van der Waals surface area contributed by atoms with Crippen molar-refractivity contribution in [3.63, 3.8) is 0 Å². The summed E-state index contributed by atoms with van der Waals surface area (Å²) in [6.45, 7) is 6.53. The summed E-state index contributed by atoms with van der Waals surface area (Å²) in [6.07, 6.45) is 3.61. The third kappa shape index (κ3) is 6.63. The van der Waals surface area contributed by atoms with Gasteiger partial charge in [0.15, 0.2) is 13.9 Å². The van der Waals surface area contributed by atoms with Crippen molar-refractivity contribution in [3.05, 3.63) is 71.5 Å². The molecule has 12 nitrogen and oxygen atoms in total. The Morgan fingerprint density at radius 2 is 1.89 bits per heavy atom. The van der Waals surface area contributed by atoms with Crippen LogP contribution >= 0.6 is 0 Å². The fourth-order valence-corrected chi connectivity index (χ4v) is 9.62. The standard InChI is InChI=1S/C33H43N5O7Si/c1-22-30(46(3,4)43)28(15-18-37-21-25(16-19-39)35-36-37)45-33(22)26-20-24(34-31(41)23-10-6-5-7-11-23)13-14-27(26)38(32(33)42)17-9-8-12-29(40)44-2/h5-7,10-11,13-14,20-22,28,30,39,43H,8-9,12,15-19H2,1-4H3,(H,34,41)/t22-,28+,30-,33+/m1/s1. The lowest BCUT2D eigenvalue weighted by Gasteiger charge is -2.32. The second-order valence-corrected chi connectivity index (χ2v) is 16.6. The number of rotatable bonds is 13. The van der Waals surface area contributed by atoms with Crippen LogP contribution in [0.1, 0.15) is 54.2 Å². The highest BCUT2D eigenvalue weighted by Crippen LogP contribution is 2.60. The number of aliphatic hydroxyl groups is 1. The van der Waals surface area contributed by atoms with Crippen molar-refractivity contribution >= 4 is 37.5 Å². The van der Waals surface area contributed by atoms with Gasteiger partial charge in [0.1, 0.15) is 0 Å². The number of benzene rings is 2. The fourth-order valence-electron chi connectivity index (χ4n) is 7.02. The van der Waals surface area contributed by atoms with Crippen LogP contribution in [0.4, 0.5) is 11.4 Å². The number of methoxy groups -OCH3 is 1. The van der Waals surface area contributed by atoms with E-state index in [0.717, 1.165) is 0 Å². The van der Waals surface area contributed by atoms with Crippen LogP contribution in [0.25, 0.3) is 0 Å². The largest absolute Gasteiger partial charge is 0.469 e. The number of hydrogen-bond donors (Lipinski definition) is 3. The summed E-state index contributed by atoms with van der Waals surface area (Å²) in [5.74, 6) is -1.16. The Kier molecular flexibility index (Phi) is 10.1. The van der Waals surface area contributed by atoms with E-state index in [0.29, 0.717) is 67.0 Å². The molecule has 3 aromatic rings. The number of anilines is 2. The molecular weight excluding hydrogens is 606 g/mol. The lowest BCUT2D eigenvalue weighted by atomic mass is 9.82. The minimum absolute atomic E-state index is 0.0225. The molecule has 0 bridgehead atoms. The number of amides is 2. The zero-order valence-corrected chi connectivity index (χ0v) is 27.8. The first kappa shape index (κ1) is 33.5. The van der Waals surface area contributed by atoms with Crippen LogP contribution in [-0.4, -0.2) is 77.4 Å². The lowest BCUT2D eigenvalue weighted by molar-refractivity contribution is -0.146. The zero-order chi connectivity index (χ0) is 33.1. The normalized spacial score (nSPS) is 22.3. The van der Waals surface area contributed by atoms with Crippen LogP contribution in [0, 0.1) is 5.92 Å². The van der Waals surface area contributed by atoms with Crippen LogP contribution in [0.2, 0.25) is 18.6 Å². The highest BCUT2D eigenvalue weighted by atomic mass is 28.4. The molecule has 0 saturated carbocycles. The Morgan fingerprint density at radius 1 is 1.13 bits per heavy atom. The first-order valence-electron chi connectivity index (χ1n) is 15.8. The Bertz CT molecular complexity index is 1560. The summed E-state index contributed by atoms with van der Waals surface area (Å²) in [6, 6.07) is 14.3. The molecular formula is C33H43N5O7Si. The average molecular weight is 650 g/mol. The van der Waals surface area contributed by atoms with E-state index in [1.807, 2.05) is 38.2 Å². The van der Waals surface area contributed by atoms with Gasteiger partial charge in [-0.2, -0.15) is 0 Å². The quantitative estimate of drug-likeness (QED) is 0.143. The Labute approximate surface area is 269 Å². The minimum Gasteiger partial charge on any atom is -0.469 e. The van der Waals surface area contributed by atoms with Crippen molar-refractivity contribution in [1.82, 2.24) is 15.0 Å². The minimum atomic E-state index is -2.89. The van der Waals surface area contributed by atoms with Gasteiger partial charge in [-0.1, -0.05) is 30.3 Å². The van der Waals surface area contributed by atoms with Crippen LogP contribution in [0.5, 0.6) is 0 Å². The first-order chi connectivity index (χ1) is 22.0. The molecule has 0 unspecified atom stereocenters. The smallest absolute Gasteiger partial charge is 0.305 e. The first-order valence-corrected chi connectivity index (χ1v) is 18.8. The highest BCUT2D eigenvalue weighted by molar-refractivity contribution is 6.71. The van der Waals surface area contributed by atoms with Gasteiger partial charge >= 0.3 is 5.97 Å². The topological polar surface area (TPSA) is 156 Å². The molecule has 4 atom stereocenters. The van der Waals surface area contributed by atoms with Crippen LogP contribution in [0.15, 0.2) is 54.7 Å². The van der Waals surface area contributed by atoms with E-state index in [1.165, 1.54) is 7.11 Å². The maximum Gasteiger partial charge on any atom is 0.305 e. The summed E-state index contributed by atoms with van der Waals surface area (Å²) in [7, 11) is -1.53. The molecule has 3 N–H and O–H groups in total. The third-order valence-corrected chi connectivity index (χ3v) is 11.6. The van der Waals surface area contributed by atoms with Gasteiger partial charge in [-0.25, -0.2) is 0 Å². The van der Waals surface area contributed by atoms with Crippen LogP contribution in [-0.2, 0) is 37.6 Å². The predicted molar refractivity (Wildman–Crippen MR) is 174 cm³/mol. The van der Waals surface area contributed by atoms with E-state index in [9.17, 15) is 24.3 Å². The molecule has 1 spiro atoms. The van der Waals surface area contributed by atoms with Crippen molar-refractivity contribution < 1.29 is 33.8 Å². The number of ether oxygens (including phenoxy) is 2. The van der Waals surface area contributed by atoms with Gasteiger partial charge in [0.2, 0.25) is 0 Å². The summed E-state index contributed by atoms with van der Waals surface area (Å²) in [4.78, 5) is 52.7. The van der Waals surface area contributed by atoms with Crippen molar-refractivity contribution in [2.75, 3.05) is 30.5 Å². The maximum atomic E-state index is 14.6. The monoisotopic (exact) mass is 649 g/mol. The number of aromatic nitrogens is 3. The molecule has 3 heterocycles. The van der Waals surface area contributed by atoms with E-state index in [-0.39, 0.29) is 42.3 Å². The van der Waals surface area contributed by atoms with Gasteiger partial charge < -0.3 is 29.6 Å². The van der Waals surface area contributed by atoms with Crippen molar-refractivity contribution in [2.24, 2.45) is 5.92 Å². The number of carbonyl (C=O) groups excluding carboxylic acids is 3. The lowest BCUT2D eigenvalue weighted by Crippen LogP contribution is -2.46. The second kappa shape index (κ2) is 13.8. The molecule has 46 heavy (non-hydrogen) atoms.